The molecule has 0 spiro atoms. The minimum absolute atomic E-state index is 0.447. The fourth-order valence-corrected chi connectivity index (χ4v) is 2.21. The Labute approximate surface area is 145 Å². The van der Waals surface area contributed by atoms with Crippen LogP contribution in [0.3, 0.4) is 0 Å². The summed E-state index contributed by atoms with van der Waals surface area (Å²) in [6.45, 7) is 0.955. The summed E-state index contributed by atoms with van der Waals surface area (Å²) >= 11 is 0. The van der Waals surface area contributed by atoms with Crippen molar-refractivity contribution in [2.24, 2.45) is 4.99 Å². The van der Waals surface area contributed by atoms with E-state index < -0.39 is 37.6 Å². The number of nitro benzene ring substituents is 3. The second kappa shape index (κ2) is 7.79. The molecule has 0 saturated heterocycles. The van der Waals surface area contributed by atoms with Crippen LogP contribution < -0.4 is 0 Å². The first-order valence-corrected chi connectivity index (χ1v) is 7.19. The van der Waals surface area contributed by atoms with E-state index in [-0.39, 0.29) is 0 Å². The first-order chi connectivity index (χ1) is 12.3. The first-order valence-electron chi connectivity index (χ1n) is 7.19. The van der Waals surface area contributed by atoms with Crippen molar-refractivity contribution in [3.63, 3.8) is 0 Å². The fraction of sp³-hybridized carbons (Fsp3) is 0.133. The molecule has 0 amide bonds. The predicted octanol–water partition coefficient (Wildman–Crippen LogP) is 2.78. The summed E-state index contributed by atoms with van der Waals surface area (Å²) in [7, 11) is 0. The van der Waals surface area contributed by atoms with Crippen molar-refractivity contribution in [1.29, 1.82) is 0 Å². The minimum Gasteiger partial charge on any atom is -0.497 e. The van der Waals surface area contributed by atoms with E-state index in [2.05, 4.69) is 29.3 Å². The summed E-state index contributed by atoms with van der Waals surface area (Å²) in [5, 5.41) is 40.2. The largest absolute Gasteiger partial charge is 0.497 e. The second-order valence-electron chi connectivity index (χ2n) is 5.09. The number of fused-ring (bicyclic) bond motifs is 1. The molecule has 3 rings (SSSR count). The Morgan fingerprint density at radius 2 is 1.50 bits per heavy atom. The van der Waals surface area contributed by atoms with Crippen LogP contribution in [0, 0.1) is 30.3 Å². The maximum absolute atomic E-state index is 10.4. The van der Waals surface area contributed by atoms with Crippen molar-refractivity contribution in [1.82, 2.24) is 0 Å². The van der Waals surface area contributed by atoms with Gasteiger partial charge in [-0.2, -0.15) is 0 Å². The average molecular weight is 360 g/mol. The zero-order valence-electron chi connectivity index (χ0n) is 13.1. The molecule has 0 fully saturated rings. The normalized spacial score (nSPS) is 11.7. The summed E-state index contributed by atoms with van der Waals surface area (Å²) in [4.78, 5) is 32.0. The van der Waals surface area contributed by atoms with Crippen LogP contribution in [0.25, 0.3) is 0 Å². The van der Waals surface area contributed by atoms with Crippen LogP contribution in [0.5, 0.6) is 5.75 Å². The fourth-order valence-electron chi connectivity index (χ4n) is 2.21. The van der Waals surface area contributed by atoms with E-state index in [1.807, 2.05) is 6.21 Å². The molecule has 2 aromatic carbocycles. The maximum Gasteiger partial charge on any atom is 0.324 e. The van der Waals surface area contributed by atoms with Gasteiger partial charge in [0.2, 0.25) is 0 Å². The van der Waals surface area contributed by atoms with Crippen LogP contribution in [-0.2, 0) is 6.42 Å². The van der Waals surface area contributed by atoms with Gasteiger partial charge in [-0.05, 0) is 17.5 Å². The molecule has 1 N–H and O–H groups in total. The molecule has 0 bridgehead atoms. The highest BCUT2D eigenvalue weighted by Gasteiger charge is 2.30. The number of phenolic OH excluding ortho intramolecular Hbond substituents is 1. The van der Waals surface area contributed by atoms with E-state index in [1.165, 1.54) is 11.1 Å². The lowest BCUT2D eigenvalue weighted by molar-refractivity contribution is -0.404. The molecule has 0 saturated carbocycles. The Bertz CT molecular complexity index is 876. The lowest BCUT2D eigenvalue weighted by atomic mass is 10.0. The third kappa shape index (κ3) is 4.14. The Balaban J connectivity index is 0.000000206. The monoisotopic (exact) mass is 360 g/mol. The molecule has 11 heteroatoms. The Hall–Kier alpha value is -3.89. The van der Waals surface area contributed by atoms with E-state index in [0.717, 1.165) is 13.0 Å². The van der Waals surface area contributed by atoms with E-state index in [4.69, 9.17) is 5.11 Å². The SMILES string of the molecule is C1=NCCc2ccccc21.O=[N+]([O-])c1cc([N+](=O)[O-])c(O)c([N+](=O)[O-])c1. The van der Waals surface area contributed by atoms with Crippen LogP contribution in [0.15, 0.2) is 41.4 Å². The first kappa shape index (κ1) is 18.4. The van der Waals surface area contributed by atoms with Gasteiger partial charge >= 0.3 is 11.4 Å². The number of nitro groups is 3. The quantitative estimate of drug-likeness (QED) is 0.649. The highest BCUT2D eigenvalue weighted by atomic mass is 16.6. The van der Waals surface area contributed by atoms with E-state index >= 15 is 0 Å². The van der Waals surface area contributed by atoms with Gasteiger partial charge in [0.25, 0.3) is 11.4 Å². The van der Waals surface area contributed by atoms with Crippen LogP contribution >= 0.6 is 0 Å². The molecule has 0 aromatic heterocycles. The number of phenols is 1. The summed E-state index contributed by atoms with van der Waals surface area (Å²) < 4.78 is 0. The topological polar surface area (TPSA) is 162 Å². The van der Waals surface area contributed by atoms with Crippen LogP contribution in [0.2, 0.25) is 0 Å². The van der Waals surface area contributed by atoms with Gasteiger partial charge in [0.05, 0.1) is 26.9 Å². The zero-order chi connectivity index (χ0) is 19.3. The van der Waals surface area contributed by atoms with Crippen molar-refractivity contribution < 1.29 is 19.9 Å². The molecule has 0 unspecified atom stereocenters. The molecule has 1 aliphatic rings. The van der Waals surface area contributed by atoms with Crippen molar-refractivity contribution in [2.75, 3.05) is 6.54 Å². The van der Waals surface area contributed by atoms with Gasteiger partial charge < -0.3 is 5.11 Å². The molecular formula is C15H12N4O7. The van der Waals surface area contributed by atoms with E-state index in [9.17, 15) is 30.3 Å². The van der Waals surface area contributed by atoms with Gasteiger partial charge in [-0.25, -0.2) is 0 Å². The average Bonchev–Trinajstić information content (AvgIpc) is 2.61. The third-order valence-electron chi connectivity index (χ3n) is 3.45. The van der Waals surface area contributed by atoms with Gasteiger partial charge in [-0.1, -0.05) is 24.3 Å². The van der Waals surface area contributed by atoms with Crippen LogP contribution in [-0.4, -0.2) is 32.6 Å². The number of benzene rings is 2. The van der Waals surface area contributed by atoms with Gasteiger partial charge in [0.1, 0.15) is 0 Å². The molecule has 2 aromatic rings. The van der Waals surface area contributed by atoms with Gasteiger partial charge in [-0.3, -0.25) is 35.3 Å². The molecule has 0 atom stereocenters. The Morgan fingerprint density at radius 1 is 0.923 bits per heavy atom. The third-order valence-corrected chi connectivity index (χ3v) is 3.45. The Morgan fingerprint density at radius 3 is 2.00 bits per heavy atom. The summed E-state index contributed by atoms with van der Waals surface area (Å²) in [6, 6.07) is 9.30. The molecule has 11 nitrogen and oxygen atoms in total. The minimum atomic E-state index is -1.21. The molecule has 0 radical (unpaired) electrons. The number of aromatic hydroxyl groups is 1. The number of hydrogen-bond donors (Lipinski definition) is 1. The van der Waals surface area contributed by atoms with Crippen LogP contribution in [0.1, 0.15) is 11.1 Å². The van der Waals surface area contributed by atoms with Crippen molar-refractivity contribution >= 4 is 23.3 Å². The van der Waals surface area contributed by atoms with Gasteiger partial charge in [0.15, 0.2) is 0 Å². The molecule has 26 heavy (non-hydrogen) atoms. The van der Waals surface area contributed by atoms with Gasteiger partial charge in [-0.15, -0.1) is 0 Å². The Kier molecular flexibility index (Phi) is 5.53. The molecule has 134 valence electrons. The number of rotatable bonds is 3. The van der Waals surface area contributed by atoms with E-state index in [0.29, 0.717) is 12.1 Å². The predicted molar refractivity (Wildman–Crippen MR) is 90.7 cm³/mol. The standard InChI is InChI=1S/C9H9N.C6H3N3O7/c1-2-4-9-7-10-6-5-8(9)3-1;10-6-4(8(13)14)1-3(7(11)12)2-5(6)9(15)16/h1-4,7H,5-6H2;1-2,10H. The molecule has 1 aliphatic heterocycles. The van der Waals surface area contributed by atoms with Crippen molar-refractivity contribution in [3.05, 3.63) is 77.9 Å². The number of non-ortho nitro benzene ring substituents is 1. The van der Waals surface area contributed by atoms with Gasteiger partial charge in [0, 0.05) is 12.8 Å². The second-order valence-corrected chi connectivity index (χ2v) is 5.09. The number of aliphatic imine (C=N–C) groups is 1. The smallest absolute Gasteiger partial charge is 0.324 e. The summed E-state index contributed by atoms with van der Waals surface area (Å²) in [6.07, 6.45) is 3.06. The number of hydrogen-bond acceptors (Lipinski definition) is 8. The molecular weight excluding hydrogens is 348 g/mol. The summed E-state index contributed by atoms with van der Waals surface area (Å²) in [5.41, 5.74) is -0.288. The van der Waals surface area contributed by atoms with Crippen molar-refractivity contribution in [3.8, 4) is 5.75 Å². The molecule has 1 heterocycles. The zero-order valence-corrected chi connectivity index (χ0v) is 13.1. The van der Waals surface area contributed by atoms with E-state index in [1.54, 1.807) is 0 Å². The van der Waals surface area contributed by atoms with Crippen molar-refractivity contribution in [2.45, 2.75) is 6.42 Å². The lowest BCUT2D eigenvalue weighted by Crippen LogP contribution is -2.01. The van der Waals surface area contributed by atoms with Crippen LogP contribution in [0.4, 0.5) is 17.1 Å². The highest BCUT2D eigenvalue weighted by molar-refractivity contribution is 5.82. The maximum atomic E-state index is 10.4. The highest BCUT2D eigenvalue weighted by Crippen LogP contribution is 2.38. The molecule has 0 aliphatic carbocycles. The summed E-state index contributed by atoms with van der Waals surface area (Å²) in [5.74, 6) is -1.21. The number of nitrogens with zero attached hydrogens (tertiary/aromatic N) is 4. The lowest BCUT2D eigenvalue weighted by Gasteiger charge is -2.07.